The van der Waals surface area contributed by atoms with E-state index in [0.29, 0.717) is 15.5 Å². The highest BCUT2D eigenvalue weighted by Crippen LogP contribution is 2.39. The molecule has 0 radical (unpaired) electrons. The molecule has 0 aliphatic heterocycles. The highest BCUT2D eigenvalue weighted by Gasteiger charge is 2.20. The summed E-state index contributed by atoms with van der Waals surface area (Å²) in [5.41, 5.74) is 6.68. The van der Waals surface area contributed by atoms with Gasteiger partial charge in [0.15, 0.2) is 0 Å². The number of benzene rings is 2. The fourth-order valence-electron chi connectivity index (χ4n) is 1.70. The molecule has 0 saturated carbocycles. The largest absolute Gasteiger partial charge is 0.398 e. The smallest absolute Gasteiger partial charge is 0.290 e. The summed E-state index contributed by atoms with van der Waals surface area (Å²) in [6.45, 7) is 1.88. The molecule has 0 spiro atoms. The van der Waals surface area contributed by atoms with Crippen molar-refractivity contribution in [3.63, 3.8) is 0 Å². The van der Waals surface area contributed by atoms with Crippen molar-refractivity contribution in [3.05, 3.63) is 62.2 Å². The summed E-state index contributed by atoms with van der Waals surface area (Å²) in [6, 6.07) is 8.92. The molecule has 8 heteroatoms. The molecule has 0 fully saturated rings. The lowest BCUT2D eigenvalue weighted by Crippen LogP contribution is -1.95. The monoisotopic (exact) mass is 305 g/mol. The van der Waals surface area contributed by atoms with Gasteiger partial charge in [0.05, 0.1) is 20.8 Å². The van der Waals surface area contributed by atoms with Crippen LogP contribution in [0.4, 0.5) is 17.1 Å². The summed E-state index contributed by atoms with van der Waals surface area (Å²) < 4.78 is 0. The van der Waals surface area contributed by atoms with Gasteiger partial charge in [0, 0.05) is 16.6 Å². The molecule has 0 atom stereocenters. The number of rotatable bonds is 4. The summed E-state index contributed by atoms with van der Waals surface area (Å²) in [5, 5.41) is 21.8. The molecule has 0 aliphatic rings. The number of nitrogen functional groups attached to an aromatic ring is 1. The molecular formula is C13H11N3O4S. The molecule has 0 unspecified atom stereocenters. The maximum Gasteiger partial charge on any atom is 0.290 e. The van der Waals surface area contributed by atoms with Crippen molar-refractivity contribution < 1.29 is 9.85 Å². The van der Waals surface area contributed by atoms with Gasteiger partial charge in [-0.3, -0.25) is 20.2 Å². The first kappa shape index (κ1) is 14.8. The molecule has 108 valence electrons. The molecule has 0 aromatic heterocycles. The highest BCUT2D eigenvalue weighted by molar-refractivity contribution is 7.99. The number of hydrogen-bond acceptors (Lipinski definition) is 6. The fraction of sp³-hybridized carbons (Fsp3) is 0.0769. The maximum absolute atomic E-state index is 11.1. The van der Waals surface area contributed by atoms with Crippen molar-refractivity contribution in [2.75, 3.05) is 5.73 Å². The Balaban J connectivity index is 2.46. The van der Waals surface area contributed by atoms with Crippen molar-refractivity contribution in [1.82, 2.24) is 0 Å². The summed E-state index contributed by atoms with van der Waals surface area (Å²) in [6.07, 6.45) is 0. The third kappa shape index (κ3) is 3.29. The Morgan fingerprint density at radius 1 is 1.00 bits per heavy atom. The van der Waals surface area contributed by atoms with Gasteiger partial charge < -0.3 is 5.73 Å². The molecular weight excluding hydrogens is 294 g/mol. The number of nitro benzene ring substituents is 2. The molecule has 21 heavy (non-hydrogen) atoms. The number of hydrogen-bond donors (Lipinski definition) is 1. The predicted octanol–water partition coefficient (Wildman–Crippen LogP) is 3.54. The van der Waals surface area contributed by atoms with Gasteiger partial charge >= 0.3 is 0 Å². The van der Waals surface area contributed by atoms with Crippen LogP contribution in [0.5, 0.6) is 0 Å². The van der Waals surface area contributed by atoms with Gasteiger partial charge in [0.1, 0.15) is 0 Å². The average Bonchev–Trinajstić information content (AvgIpc) is 2.42. The predicted molar refractivity (Wildman–Crippen MR) is 79.5 cm³/mol. The second-order valence-corrected chi connectivity index (χ2v) is 5.39. The van der Waals surface area contributed by atoms with E-state index in [2.05, 4.69) is 0 Å². The van der Waals surface area contributed by atoms with Crippen LogP contribution in [-0.4, -0.2) is 9.85 Å². The lowest BCUT2D eigenvalue weighted by Gasteiger charge is -2.07. The van der Waals surface area contributed by atoms with Crippen LogP contribution in [0, 0.1) is 27.2 Å². The molecule has 0 saturated heterocycles. The van der Waals surface area contributed by atoms with E-state index in [1.165, 1.54) is 12.1 Å². The Morgan fingerprint density at radius 2 is 1.71 bits per heavy atom. The molecule has 0 heterocycles. The first-order valence-corrected chi connectivity index (χ1v) is 6.67. The van der Waals surface area contributed by atoms with E-state index in [0.717, 1.165) is 23.4 Å². The van der Waals surface area contributed by atoms with E-state index < -0.39 is 9.85 Å². The lowest BCUT2D eigenvalue weighted by atomic mass is 10.2. The van der Waals surface area contributed by atoms with Gasteiger partial charge in [-0.25, -0.2) is 0 Å². The van der Waals surface area contributed by atoms with E-state index >= 15 is 0 Å². The minimum Gasteiger partial charge on any atom is -0.398 e. The van der Waals surface area contributed by atoms with Crippen molar-refractivity contribution in [2.24, 2.45) is 0 Å². The van der Waals surface area contributed by atoms with Crippen LogP contribution in [0.15, 0.2) is 46.2 Å². The van der Waals surface area contributed by atoms with Crippen LogP contribution in [0.2, 0.25) is 0 Å². The zero-order chi connectivity index (χ0) is 15.6. The SMILES string of the molecule is Cc1ccc(N)c(Sc2ccc([N+](=O)[O-])cc2[N+](=O)[O-])c1. The maximum atomic E-state index is 11.1. The van der Waals surface area contributed by atoms with E-state index in [1.807, 2.05) is 19.1 Å². The molecule has 2 rings (SSSR count). The van der Waals surface area contributed by atoms with E-state index in [4.69, 9.17) is 5.73 Å². The second kappa shape index (κ2) is 5.80. The van der Waals surface area contributed by atoms with Crippen LogP contribution < -0.4 is 5.73 Å². The Hall–Kier alpha value is -2.61. The minimum atomic E-state index is -0.664. The van der Waals surface area contributed by atoms with Crippen molar-refractivity contribution in [3.8, 4) is 0 Å². The first-order valence-electron chi connectivity index (χ1n) is 5.85. The Kier molecular flexibility index (Phi) is 4.08. The van der Waals surface area contributed by atoms with Crippen LogP contribution in [0.3, 0.4) is 0 Å². The number of anilines is 1. The second-order valence-electron chi connectivity index (χ2n) is 4.31. The Morgan fingerprint density at radius 3 is 2.33 bits per heavy atom. The van der Waals surface area contributed by atoms with Gasteiger partial charge in [-0.15, -0.1) is 0 Å². The third-order valence-electron chi connectivity index (χ3n) is 2.74. The molecule has 0 bridgehead atoms. The number of nitrogens with zero attached hydrogens (tertiary/aromatic N) is 2. The van der Waals surface area contributed by atoms with Crippen LogP contribution in [-0.2, 0) is 0 Å². The topological polar surface area (TPSA) is 112 Å². The molecule has 7 nitrogen and oxygen atoms in total. The van der Waals surface area contributed by atoms with Crippen LogP contribution in [0.1, 0.15) is 5.56 Å². The standard InChI is InChI=1S/C13H11N3O4S/c1-8-2-4-10(14)13(6-8)21-12-5-3-9(15(17)18)7-11(12)16(19)20/h2-7H,14H2,1H3. The molecule has 0 aliphatic carbocycles. The number of aryl methyl sites for hydroxylation is 1. The Labute approximate surface area is 124 Å². The highest BCUT2D eigenvalue weighted by atomic mass is 32.2. The first-order chi connectivity index (χ1) is 9.88. The molecule has 0 amide bonds. The van der Waals surface area contributed by atoms with E-state index in [-0.39, 0.29) is 11.4 Å². The molecule has 2 N–H and O–H groups in total. The van der Waals surface area contributed by atoms with Crippen LogP contribution >= 0.6 is 11.8 Å². The average molecular weight is 305 g/mol. The van der Waals surface area contributed by atoms with Gasteiger partial charge in [-0.05, 0) is 30.7 Å². The van der Waals surface area contributed by atoms with Crippen LogP contribution in [0.25, 0.3) is 0 Å². The van der Waals surface area contributed by atoms with E-state index in [9.17, 15) is 20.2 Å². The summed E-state index contributed by atoms with van der Waals surface area (Å²) in [7, 11) is 0. The fourth-order valence-corrected chi connectivity index (χ4v) is 2.74. The van der Waals surface area contributed by atoms with Gasteiger partial charge in [0.2, 0.25) is 0 Å². The molecule has 2 aromatic rings. The lowest BCUT2D eigenvalue weighted by molar-refractivity contribution is -0.396. The van der Waals surface area contributed by atoms with Gasteiger partial charge in [0.25, 0.3) is 11.4 Å². The number of nitrogens with two attached hydrogens (primary N) is 1. The van der Waals surface area contributed by atoms with Gasteiger partial charge in [-0.1, -0.05) is 17.8 Å². The summed E-state index contributed by atoms with van der Waals surface area (Å²) in [4.78, 5) is 21.5. The zero-order valence-corrected chi connectivity index (χ0v) is 11.8. The summed E-state index contributed by atoms with van der Waals surface area (Å²) >= 11 is 1.11. The summed E-state index contributed by atoms with van der Waals surface area (Å²) in [5.74, 6) is 0. The number of nitro groups is 2. The van der Waals surface area contributed by atoms with Crippen molar-refractivity contribution >= 4 is 28.8 Å². The Bertz CT molecular complexity index is 733. The minimum absolute atomic E-state index is 0.308. The van der Waals surface area contributed by atoms with Crippen molar-refractivity contribution in [2.45, 2.75) is 16.7 Å². The number of non-ortho nitro benzene ring substituents is 1. The third-order valence-corrected chi connectivity index (χ3v) is 3.88. The molecule has 2 aromatic carbocycles. The zero-order valence-electron chi connectivity index (χ0n) is 11.0. The van der Waals surface area contributed by atoms with E-state index in [1.54, 1.807) is 6.07 Å². The quantitative estimate of drug-likeness (QED) is 0.525. The van der Waals surface area contributed by atoms with Gasteiger partial charge in [-0.2, -0.15) is 0 Å². The van der Waals surface area contributed by atoms with Crippen molar-refractivity contribution in [1.29, 1.82) is 0 Å². The normalized spacial score (nSPS) is 10.3.